The summed E-state index contributed by atoms with van der Waals surface area (Å²) in [5.74, 6) is -0.476. The molecule has 0 spiro atoms. The van der Waals surface area contributed by atoms with Crippen LogP contribution in [0.1, 0.15) is 21.6 Å². The van der Waals surface area contributed by atoms with Gasteiger partial charge in [-0.2, -0.15) is 0 Å². The average Bonchev–Trinajstić information content (AvgIpc) is 3.32. The van der Waals surface area contributed by atoms with Crippen LogP contribution in [0.2, 0.25) is 0 Å². The van der Waals surface area contributed by atoms with Crippen LogP contribution in [-0.2, 0) is 0 Å². The molecule has 1 amide bonds. The molecule has 0 saturated heterocycles. The van der Waals surface area contributed by atoms with E-state index in [4.69, 9.17) is 0 Å². The summed E-state index contributed by atoms with van der Waals surface area (Å²) in [4.78, 5) is 34.8. The van der Waals surface area contributed by atoms with Crippen molar-refractivity contribution in [3.63, 3.8) is 0 Å². The first-order valence-electron chi connectivity index (χ1n) is 9.24. The van der Waals surface area contributed by atoms with Crippen LogP contribution in [0.3, 0.4) is 0 Å². The second-order valence-electron chi connectivity index (χ2n) is 6.99. The van der Waals surface area contributed by atoms with Crippen molar-refractivity contribution in [3.8, 4) is 10.6 Å². The molecule has 2 aromatic carbocycles. The number of nitrogens with one attached hydrogen (secondary N) is 1. The topological polar surface area (TPSA) is 76.4 Å². The smallest absolute Gasteiger partial charge is 0.271 e. The highest BCUT2D eigenvalue weighted by Gasteiger charge is 2.15. The third-order valence-electron chi connectivity index (χ3n) is 4.79. The number of anilines is 1. The van der Waals surface area contributed by atoms with E-state index in [1.807, 2.05) is 42.6 Å². The molecule has 0 aliphatic heterocycles. The van der Waals surface area contributed by atoms with Crippen molar-refractivity contribution in [2.24, 2.45) is 0 Å². The Morgan fingerprint density at radius 1 is 1.10 bits per heavy atom. The Balaban J connectivity index is 1.40. The SMILES string of the molecule is Cc1ccc2nc(-c3ccc(NC(=O)c4cnc5scc(C)n5c4=O)cc3)sc2c1. The number of aromatic nitrogens is 3. The summed E-state index contributed by atoms with van der Waals surface area (Å²) in [6, 6.07) is 13.7. The van der Waals surface area contributed by atoms with Gasteiger partial charge in [0.2, 0.25) is 0 Å². The highest BCUT2D eigenvalue weighted by molar-refractivity contribution is 7.21. The number of nitrogens with zero attached hydrogens (tertiary/aromatic N) is 3. The minimum atomic E-state index is -0.476. The van der Waals surface area contributed by atoms with Crippen LogP contribution in [0.25, 0.3) is 25.7 Å². The van der Waals surface area contributed by atoms with Crippen molar-refractivity contribution in [2.45, 2.75) is 13.8 Å². The molecule has 8 heteroatoms. The minimum Gasteiger partial charge on any atom is -0.322 e. The van der Waals surface area contributed by atoms with E-state index in [1.165, 1.54) is 27.5 Å². The highest BCUT2D eigenvalue weighted by atomic mass is 32.1. The van der Waals surface area contributed by atoms with Crippen LogP contribution in [0.4, 0.5) is 5.69 Å². The predicted octanol–water partition coefficient (Wildman–Crippen LogP) is 4.90. The van der Waals surface area contributed by atoms with Gasteiger partial charge in [-0.05, 0) is 55.8 Å². The van der Waals surface area contributed by atoms with Crippen molar-refractivity contribution in [3.05, 3.63) is 81.2 Å². The van der Waals surface area contributed by atoms with Gasteiger partial charge in [-0.25, -0.2) is 9.97 Å². The molecule has 30 heavy (non-hydrogen) atoms. The molecule has 0 fully saturated rings. The molecule has 0 radical (unpaired) electrons. The van der Waals surface area contributed by atoms with Crippen LogP contribution in [0.15, 0.2) is 58.8 Å². The van der Waals surface area contributed by atoms with E-state index < -0.39 is 5.91 Å². The minimum absolute atomic E-state index is 0.0135. The van der Waals surface area contributed by atoms with Crippen LogP contribution in [0, 0.1) is 13.8 Å². The number of amides is 1. The summed E-state index contributed by atoms with van der Waals surface area (Å²) >= 11 is 3.01. The molecule has 0 atom stereocenters. The zero-order chi connectivity index (χ0) is 20.8. The van der Waals surface area contributed by atoms with Crippen molar-refractivity contribution in [2.75, 3.05) is 5.32 Å². The normalized spacial score (nSPS) is 11.3. The van der Waals surface area contributed by atoms with Gasteiger partial charge >= 0.3 is 0 Å². The Morgan fingerprint density at radius 2 is 1.90 bits per heavy atom. The molecule has 3 aromatic heterocycles. The molecule has 3 heterocycles. The fourth-order valence-corrected chi connectivity index (χ4v) is 5.13. The lowest BCUT2D eigenvalue weighted by molar-refractivity contribution is 0.102. The van der Waals surface area contributed by atoms with Gasteiger partial charge in [0, 0.05) is 28.5 Å². The molecule has 0 aliphatic rings. The Labute approximate surface area is 179 Å². The van der Waals surface area contributed by atoms with Gasteiger partial charge in [-0.1, -0.05) is 6.07 Å². The molecular formula is C22H16N4O2S2. The molecular weight excluding hydrogens is 416 g/mol. The van der Waals surface area contributed by atoms with Gasteiger partial charge in [0.05, 0.1) is 10.2 Å². The molecule has 0 saturated carbocycles. The number of benzene rings is 2. The molecule has 148 valence electrons. The van der Waals surface area contributed by atoms with E-state index in [0.717, 1.165) is 26.5 Å². The number of carbonyl (C=O) groups is 1. The number of hydrogen-bond donors (Lipinski definition) is 1. The second kappa shape index (κ2) is 7.16. The average molecular weight is 433 g/mol. The Bertz CT molecular complexity index is 1480. The zero-order valence-electron chi connectivity index (χ0n) is 16.2. The van der Waals surface area contributed by atoms with Gasteiger partial charge in [0.1, 0.15) is 10.6 Å². The number of thiazole rings is 2. The lowest BCUT2D eigenvalue weighted by Gasteiger charge is -2.06. The number of rotatable bonds is 3. The number of carbonyl (C=O) groups excluding carboxylic acids is 1. The summed E-state index contributed by atoms with van der Waals surface area (Å²) in [5, 5.41) is 5.55. The third-order valence-corrected chi connectivity index (χ3v) is 6.82. The molecule has 5 rings (SSSR count). The fraction of sp³-hybridized carbons (Fsp3) is 0.0909. The Hall–Kier alpha value is -3.36. The Morgan fingerprint density at radius 3 is 2.70 bits per heavy atom. The highest BCUT2D eigenvalue weighted by Crippen LogP contribution is 2.31. The first-order valence-corrected chi connectivity index (χ1v) is 10.9. The fourth-order valence-electron chi connectivity index (χ4n) is 3.23. The summed E-state index contributed by atoms with van der Waals surface area (Å²) in [7, 11) is 0. The van der Waals surface area contributed by atoms with E-state index >= 15 is 0 Å². The maximum atomic E-state index is 12.7. The summed E-state index contributed by atoms with van der Waals surface area (Å²) in [6.45, 7) is 3.88. The summed E-state index contributed by atoms with van der Waals surface area (Å²) in [6.07, 6.45) is 1.33. The van der Waals surface area contributed by atoms with Crippen LogP contribution in [-0.4, -0.2) is 20.3 Å². The zero-order valence-corrected chi connectivity index (χ0v) is 17.8. The molecule has 6 nitrogen and oxygen atoms in total. The second-order valence-corrected chi connectivity index (χ2v) is 8.86. The molecule has 1 N–H and O–H groups in total. The maximum absolute atomic E-state index is 12.7. The van der Waals surface area contributed by atoms with Crippen molar-refractivity contribution in [1.82, 2.24) is 14.4 Å². The van der Waals surface area contributed by atoms with E-state index in [1.54, 1.807) is 11.3 Å². The molecule has 5 aromatic rings. The molecule has 0 unspecified atom stereocenters. The predicted molar refractivity (Wildman–Crippen MR) is 122 cm³/mol. The summed E-state index contributed by atoms with van der Waals surface area (Å²) < 4.78 is 2.60. The van der Waals surface area contributed by atoms with Gasteiger partial charge in [0.15, 0.2) is 4.96 Å². The largest absolute Gasteiger partial charge is 0.322 e. The lowest BCUT2D eigenvalue weighted by atomic mass is 10.2. The monoisotopic (exact) mass is 432 g/mol. The van der Waals surface area contributed by atoms with Crippen molar-refractivity contribution < 1.29 is 4.79 Å². The number of fused-ring (bicyclic) bond motifs is 2. The lowest BCUT2D eigenvalue weighted by Crippen LogP contribution is -2.26. The van der Waals surface area contributed by atoms with E-state index in [2.05, 4.69) is 34.3 Å². The van der Waals surface area contributed by atoms with Gasteiger partial charge in [-0.3, -0.25) is 14.0 Å². The van der Waals surface area contributed by atoms with Crippen molar-refractivity contribution in [1.29, 1.82) is 0 Å². The van der Waals surface area contributed by atoms with Gasteiger partial charge in [0.25, 0.3) is 11.5 Å². The number of aryl methyl sites for hydroxylation is 2. The first-order chi connectivity index (χ1) is 14.5. The van der Waals surface area contributed by atoms with E-state index in [9.17, 15) is 9.59 Å². The molecule has 0 bridgehead atoms. The number of hydrogen-bond acceptors (Lipinski definition) is 6. The standard InChI is InChI=1S/C22H16N4O2S2/c1-12-3-8-17-18(9-12)30-20(25-17)14-4-6-15(7-5-14)24-19(27)16-10-23-22-26(21(16)28)13(2)11-29-22/h3-11H,1-2H3,(H,24,27). The third kappa shape index (κ3) is 3.20. The van der Waals surface area contributed by atoms with Crippen LogP contribution < -0.4 is 10.9 Å². The Kier molecular flexibility index (Phi) is 4.45. The van der Waals surface area contributed by atoms with Crippen molar-refractivity contribution >= 4 is 49.4 Å². The van der Waals surface area contributed by atoms with Gasteiger partial charge < -0.3 is 5.32 Å². The van der Waals surface area contributed by atoms with Crippen LogP contribution in [0.5, 0.6) is 0 Å². The quantitative estimate of drug-likeness (QED) is 0.440. The maximum Gasteiger partial charge on any atom is 0.271 e. The van der Waals surface area contributed by atoms with Gasteiger partial charge in [-0.15, -0.1) is 22.7 Å². The van der Waals surface area contributed by atoms with E-state index in [0.29, 0.717) is 10.6 Å². The van der Waals surface area contributed by atoms with Crippen LogP contribution >= 0.6 is 22.7 Å². The summed E-state index contributed by atoms with van der Waals surface area (Å²) in [5.41, 5.74) is 4.17. The first kappa shape index (κ1) is 18.7. The van der Waals surface area contributed by atoms with E-state index in [-0.39, 0.29) is 11.1 Å². The molecule has 0 aliphatic carbocycles.